The SMILES string of the molecule is N#CC1CCc2ccn(S(=O)(=O)c3ccccc3)c2C1=O. The van der Waals surface area contributed by atoms with Crippen molar-refractivity contribution in [1.29, 1.82) is 5.26 Å². The first kappa shape index (κ1) is 13.6. The highest BCUT2D eigenvalue weighted by Crippen LogP contribution is 2.28. The van der Waals surface area contributed by atoms with Crippen molar-refractivity contribution >= 4 is 15.8 Å². The van der Waals surface area contributed by atoms with E-state index in [1.165, 1.54) is 18.3 Å². The minimum atomic E-state index is -3.82. The Hall–Kier alpha value is -2.39. The van der Waals surface area contributed by atoms with E-state index in [9.17, 15) is 13.2 Å². The minimum Gasteiger partial charge on any atom is -0.291 e. The van der Waals surface area contributed by atoms with Gasteiger partial charge in [-0.2, -0.15) is 5.26 Å². The summed E-state index contributed by atoms with van der Waals surface area (Å²) < 4.78 is 26.3. The van der Waals surface area contributed by atoms with Crippen molar-refractivity contribution in [3.05, 3.63) is 53.9 Å². The quantitative estimate of drug-likeness (QED) is 0.849. The van der Waals surface area contributed by atoms with Gasteiger partial charge in [-0.1, -0.05) is 18.2 Å². The molecule has 0 N–H and O–H groups in total. The smallest absolute Gasteiger partial charge is 0.268 e. The maximum Gasteiger partial charge on any atom is 0.268 e. The van der Waals surface area contributed by atoms with Crippen molar-refractivity contribution in [2.45, 2.75) is 17.7 Å². The van der Waals surface area contributed by atoms with E-state index in [2.05, 4.69) is 0 Å². The molecular formula is C15H12N2O3S. The van der Waals surface area contributed by atoms with Gasteiger partial charge in [0, 0.05) is 6.20 Å². The molecule has 1 aliphatic rings. The van der Waals surface area contributed by atoms with E-state index in [0.717, 1.165) is 3.97 Å². The van der Waals surface area contributed by atoms with E-state index < -0.39 is 21.7 Å². The van der Waals surface area contributed by atoms with Crippen LogP contribution < -0.4 is 0 Å². The Balaban J connectivity index is 2.17. The van der Waals surface area contributed by atoms with Crippen molar-refractivity contribution in [1.82, 2.24) is 3.97 Å². The Kier molecular flexibility index (Phi) is 3.15. The zero-order valence-corrected chi connectivity index (χ0v) is 11.9. The third-order valence-electron chi connectivity index (χ3n) is 3.64. The van der Waals surface area contributed by atoms with Crippen LogP contribution in [0.25, 0.3) is 0 Å². The zero-order valence-electron chi connectivity index (χ0n) is 11.1. The molecule has 1 atom stereocenters. The van der Waals surface area contributed by atoms with Crippen LogP contribution in [0, 0.1) is 17.2 Å². The van der Waals surface area contributed by atoms with Crippen molar-refractivity contribution < 1.29 is 13.2 Å². The number of benzene rings is 1. The predicted molar refractivity (Wildman–Crippen MR) is 75.2 cm³/mol. The minimum absolute atomic E-state index is 0.121. The van der Waals surface area contributed by atoms with E-state index in [1.807, 2.05) is 6.07 Å². The van der Waals surface area contributed by atoms with Gasteiger partial charge in [0.2, 0.25) is 0 Å². The van der Waals surface area contributed by atoms with Crippen LogP contribution in [0.2, 0.25) is 0 Å². The van der Waals surface area contributed by atoms with E-state index in [0.29, 0.717) is 18.4 Å². The van der Waals surface area contributed by atoms with Gasteiger partial charge in [-0.05, 0) is 36.6 Å². The van der Waals surface area contributed by atoms with Crippen LogP contribution in [0.1, 0.15) is 22.5 Å². The standard InChI is InChI=1S/C15H12N2O3S/c16-10-12-7-6-11-8-9-17(14(11)15(12)18)21(19,20)13-4-2-1-3-5-13/h1-5,8-9,12H,6-7H2. The Morgan fingerprint density at radius 3 is 2.57 bits per heavy atom. The lowest BCUT2D eigenvalue weighted by Gasteiger charge is -2.18. The molecule has 0 fully saturated rings. The zero-order chi connectivity index (χ0) is 15.0. The fourth-order valence-electron chi connectivity index (χ4n) is 2.55. The molecule has 0 spiro atoms. The summed E-state index contributed by atoms with van der Waals surface area (Å²) in [7, 11) is -3.82. The van der Waals surface area contributed by atoms with Gasteiger partial charge in [0.15, 0.2) is 5.78 Å². The summed E-state index contributed by atoms with van der Waals surface area (Å²) in [6.45, 7) is 0. The molecule has 3 rings (SSSR count). The molecule has 0 saturated heterocycles. The van der Waals surface area contributed by atoms with Gasteiger partial charge >= 0.3 is 0 Å². The third-order valence-corrected chi connectivity index (χ3v) is 5.33. The molecule has 1 unspecified atom stereocenters. The average Bonchev–Trinajstić information content (AvgIpc) is 2.94. The first-order valence-corrected chi connectivity index (χ1v) is 7.94. The topological polar surface area (TPSA) is 79.9 Å². The van der Waals surface area contributed by atoms with Gasteiger partial charge in [0.25, 0.3) is 10.0 Å². The largest absolute Gasteiger partial charge is 0.291 e. The van der Waals surface area contributed by atoms with Gasteiger partial charge in [-0.3, -0.25) is 4.79 Å². The second-order valence-electron chi connectivity index (χ2n) is 4.89. The van der Waals surface area contributed by atoms with Gasteiger partial charge in [-0.15, -0.1) is 0 Å². The lowest BCUT2D eigenvalue weighted by Crippen LogP contribution is -2.26. The number of hydrogen-bond donors (Lipinski definition) is 0. The summed E-state index contributed by atoms with van der Waals surface area (Å²) in [6.07, 6.45) is 2.37. The maximum absolute atomic E-state index is 12.6. The monoisotopic (exact) mass is 300 g/mol. The summed E-state index contributed by atoms with van der Waals surface area (Å²) in [5.41, 5.74) is 0.808. The van der Waals surface area contributed by atoms with E-state index in [-0.39, 0.29) is 10.6 Å². The van der Waals surface area contributed by atoms with E-state index in [1.54, 1.807) is 24.3 Å². The molecule has 1 heterocycles. The van der Waals surface area contributed by atoms with Crippen molar-refractivity contribution in [2.75, 3.05) is 0 Å². The van der Waals surface area contributed by atoms with Crippen LogP contribution >= 0.6 is 0 Å². The van der Waals surface area contributed by atoms with Crippen molar-refractivity contribution in [2.24, 2.45) is 5.92 Å². The molecule has 5 nitrogen and oxygen atoms in total. The molecule has 1 aliphatic carbocycles. The number of aryl methyl sites for hydroxylation is 1. The highest BCUT2D eigenvalue weighted by Gasteiger charge is 2.33. The number of rotatable bonds is 2. The molecule has 1 aromatic carbocycles. The molecule has 1 aromatic heterocycles. The fraction of sp³-hybridized carbons (Fsp3) is 0.200. The number of fused-ring (bicyclic) bond motifs is 1. The fourth-order valence-corrected chi connectivity index (χ4v) is 3.94. The number of Topliss-reactive ketones (excluding diaryl/α,β-unsaturated/α-hetero) is 1. The Labute approximate surface area is 122 Å². The number of ketones is 1. The molecule has 0 saturated carbocycles. The lowest BCUT2D eigenvalue weighted by molar-refractivity contribution is 0.0928. The predicted octanol–water partition coefficient (Wildman–Crippen LogP) is 1.99. The van der Waals surface area contributed by atoms with Crippen molar-refractivity contribution in [3.63, 3.8) is 0 Å². The summed E-state index contributed by atoms with van der Waals surface area (Å²) in [4.78, 5) is 12.4. The molecule has 0 aliphatic heterocycles. The maximum atomic E-state index is 12.6. The second kappa shape index (κ2) is 4.86. The third kappa shape index (κ3) is 2.06. The molecule has 0 amide bonds. The number of carbonyl (C=O) groups excluding carboxylic acids is 1. The van der Waals surface area contributed by atoms with Crippen LogP contribution in [-0.4, -0.2) is 18.2 Å². The summed E-state index contributed by atoms with van der Waals surface area (Å²) in [5.74, 6) is -1.18. The molecular weight excluding hydrogens is 288 g/mol. The normalized spacial score (nSPS) is 18.0. The molecule has 21 heavy (non-hydrogen) atoms. The van der Waals surface area contributed by atoms with Gasteiger partial charge < -0.3 is 0 Å². The molecule has 2 aromatic rings. The summed E-state index contributed by atoms with van der Waals surface area (Å²) in [6, 6.07) is 11.5. The molecule has 6 heteroatoms. The van der Waals surface area contributed by atoms with E-state index in [4.69, 9.17) is 5.26 Å². The van der Waals surface area contributed by atoms with Crippen LogP contribution in [0.5, 0.6) is 0 Å². The summed E-state index contributed by atoms with van der Waals surface area (Å²) in [5, 5.41) is 9.01. The molecule has 0 bridgehead atoms. The first-order valence-electron chi connectivity index (χ1n) is 6.50. The van der Waals surface area contributed by atoms with Crippen LogP contribution in [0.15, 0.2) is 47.5 Å². The average molecular weight is 300 g/mol. The number of carbonyl (C=O) groups is 1. The van der Waals surface area contributed by atoms with Crippen LogP contribution in [0.4, 0.5) is 0 Å². The van der Waals surface area contributed by atoms with Gasteiger partial charge in [-0.25, -0.2) is 12.4 Å². The Morgan fingerprint density at radius 2 is 1.90 bits per heavy atom. The highest BCUT2D eigenvalue weighted by molar-refractivity contribution is 7.90. The van der Waals surface area contributed by atoms with Gasteiger partial charge in [0.1, 0.15) is 11.6 Å². The van der Waals surface area contributed by atoms with Crippen molar-refractivity contribution in [3.8, 4) is 6.07 Å². The number of nitriles is 1. The molecule has 106 valence electrons. The number of hydrogen-bond acceptors (Lipinski definition) is 4. The van der Waals surface area contributed by atoms with Crippen LogP contribution in [-0.2, 0) is 16.4 Å². The van der Waals surface area contributed by atoms with E-state index >= 15 is 0 Å². The highest BCUT2D eigenvalue weighted by atomic mass is 32.2. The second-order valence-corrected chi connectivity index (χ2v) is 6.70. The number of aromatic nitrogens is 1. The lowest BCUT2D eigenvalue weighted by atomic mass is 9.88. The number of nitrogens with zero attached hydrogens (tertiary/aromatic N) is 2. The Morgan fingerprint density at radius 1 is 1.19 bits per heavy atom. The van der Waals surface area contributed by atoms with Crippen LogP contribution in [0.3, 0.4) is 0 Å². The first-order chi connectivity index (χ1) is 10.1. The molecule has 0 radical (unpaired) electrons. The summed E-state index contributed by atoms with van der Waals surface area (Å²) >= 11 is 0. The Bertz CT molecular complexity index is 845. The van der Waals surface area contributed by atoms with Gasteiger partial charge in [0.05, 0.1) is 11.0 Å².